The van der Waals surface area contributed by atoms with Gasteiger partial charge < -0.3 is 28.4 Å². The molecule has 25 heavy (non-hydrogen) atoms. The zero-order valence-corrected chi connectivity index (χ0v) is 17.5. The van der Waals surface area contributed by atoms with Crippen molar-refractivity contribution in [2.75, 3.05) is 21.3 Å². The summed E-state index contributed by atoms with van der Waals surface area (Å²) in [5, 5.41) is 0. The molecule has 0 fully saturated rings. The Morgan fingerprint density at radius 3 is 0.960 bits per heavy atom. The van der Waals surface area contributed by atoms with E-state index in [1.807, 2.05) is 20.8 Å². The van der Waals surface area contributed by atoms with Crippen LogP contribution in [0.3, 0.4) is 0 Å². The normalized spacial score (nSPS) is 19.4. The Balaban J connectivity index is 5.54. The first-order valence-corrected chi connectivity index (χ1v) is 9.20. The average molecular weight is 366 g/mol. The fourth-order valence-corrected chi connectivity index (χ4v) is 2.52. The molecule has 0 aliphatic heterocycles. The Hall–Kier alpha value is -0.280. The van der Waals surface area contributed by atoms with Crippen LogP contribution < -0.4 is 0 Å². The summed E-state index contributed by atoms with van der Waals surface area (Å²) >= 11 is 0. The Bertz CT molecular complexity index is 272. The highest BCUT2D eigenvalue weighted by molar-refractivity contribution is 4.72. The smallest absolute Gasteiger partial charge is 0.156 e. The molecule has 0 N–H and O–H groups in total. The van der Waals surface area contributed by atoms with Crippen LogP contribution in [0.4, 0.5) is 0 Å². The van der Waals surface area contributed by atoms with Crippen molar-refractivity contribution in [2.24, 2.45) is 0 Å². The quantitative estimate of drug-likeness (QED) is 0.412. The Kier molecular flexibility index (Phi) is 13.7. The SMILES string of the molecule is CCC(OC(C)OC)N(C(CC)OC(C)OC)C(CC)OC(C)OC. The van der Waals surface area contributed by atoms with Crippen molar-refractivity contribution < 1.29 is 28.4 Å². The summed E-state index contributed by atoms with van der Waals surface area (Å²) in [6.45, 7) is 11.8. The van der Waals surface area contributed by atoms with Crippen molar-refractivity contribution in [2.45, 2.75) is 98.4 Å². The van der Waals surface area contributed by atoms with Gasteiger partial charge in [-0.25, -0.2) is 4.90 Å². The highest BCUT2D eigenvalue weighted by Crippen LogP contribution is 2.24. The number of rotatable bonds is 15. The molecule has 0 saturated heterocycles. The van der Waals surface area contributed by atoms with E-state index in [0.717, 1.165) is 19.3 Å². The van der Waals surface area contributed by atoms with Gasteiger partial charge in [0.2, 0.25) is 0 Å². The van der Waals surface area contributed by atoms with Gasteiger partial charge in [-0.15, -0.1) is 0 Å². The maximum absolute atomic E-state index is 6.07. The molecule has 0 spiro atoms. The van der Waals surface area contributed by atoms with Crippen molar-refractivity contribution in [3.63, 3.8) is 0 Å². The first-order chi connectivity index (χ1) is 11.9. The topological polar surface area (TPSA) is 58.6 Å². The Morgan fingerprint density at radius 2 is 0.800 bits per heavy atom. The lowest BCUT2D eigenvalue weighted by Gasteiger charge is -2.43. The second-order valence-corrected chi connectivity index (χ2v) is 5.85. The van der Waals surface area contributed by atoms with Crippen LogP contribution in [0.5, 0.6) is 0 Å². The molecule has 0 aromatic carbocycles. The lowest BCUT2D eigenvalue weighted by Crippen LogP contribution is -2.54. The molecule has 0 aliphatic carbocycles. The molecule has 0 saturated carbocycles. The molecular weight excluding hydrogens is 326 g/mol. The average Bonchev–Trinajstić information content (AvgIpc) is 2.64. The van der Waals surface area contributed by atoms with Crippen LogP contribution in [0.2, 0.25) is 0 Å². The number of ether oxygens (including phenoxy) is 6. The fraction of sp³-hybridized carbons (Fsp3) is 1.00. The zero-order chi connectivity index (χ0) is 19.4. The molecule has 0 rings (SSSR count). The largest absolute Gasteiger partial charge is 0.356 e. The van der Waals surface area contributed by atoms with Gasteiger partial charge in [-0.05, 0) is 40.0 Å². The molecule has 0 bridgehead atoms. The predicted molar refractivity (Wildman–Crippen MR) is 96.7 cm³/mol. The van der Waals surface area contributed by atoms with E-state index >= 15 is 0 Å². The van der Waals surface area contributed by atoms with Gasteiger partial charge in [0.1, 0.15) is 18.7 Å². The van der Waals surface area contributed by atoms with E-state index in [2.05, 4.69) is 25.7 Å². The fourth-order valence-electron chi connectivity index (χ4n) is 2.52. The lowest BCUT2D eigenvalue weighted by atomic mass is 10.2. The van der Waals surface area contributed by atoms with Gasteiger partial charge >= 0.3 is 0 Å². The molecule has 0 radical (unpaired) electrons. The van der Waals surface area contributed by atoms with Crippen molar-refractivity contribution in [1.82, 2.24) is 4.90 Å². The second kappa shape index (κ2) is 13.9. The molecule has 0 aromatic heterocycles. The minimum Gasteiger partial charge on any atom is -0.356 e. The number of hydrogen-bond acceptors (Lipinski definition) is 7. The van der Waals surface area contributed by atoms with Crippen LogP contribution in [-0.4, -0.2) is 63.8 Å². The summed E-state index contributed by atoms with van der Waals surface area (Å²) in [5.41, 5.74) is 0. The second-order valence-electron chi connectivity index (χ2n) is 5.85. The summed E-state index contributed by atoms with van der Waals surface area (Å²) < 4.78 is 34.1. The minimum atomic E-state index is -0.331. The van der Waals surface area contributed by atoms with Crippen molar-refractivity contribution in [3.8, 4) is 0 Å². The molecule has 6 unspecified atom stereocenters. The maximum atomic E-state index is 6.07. The Morgan fingerprint density at radius 1 is 0.560 bits per heavy atom. The van der Waals surface area contributed by atoms with Gasteiger partial charge in [-0.3, -0.25) is 0 Å². The summed E-state index contributed by atoms with van der Waals surface area (Å²) in [7, 11) is 4.88. The number of hydrogen-bond donors (Lipinski definition) is 0. The summed E-state index contributed by atoms with van der Waals surface area (Å²) in [4.78, 5) is 2.11. The third-order valence-electron chi connectivity index (χ3n) is 4.09. The summed E-state index contributed by atoms with van der Waals surface area (Å²) in [6.07, 6.45) is 0.614. The van der Waals surface area contributed by atoms with Gasteiger partial charge in [-0.2, -0.15) is 0 Å². The predicted octanol–water partition coefficient (Wildman–Crippen LogP) is 3.52. The Labute approximate surface area is 153 Å². The molecule has 0 aromatic rings. The third-order valence-corrected chi connectivity index (χ3v) is 4.09. The standard InChI is InChI=1S/C18H39NO6/c1-10-16(23-13(4)20-7)19(17(11-2)24-14(5)21-8)18(12-3)25-15(6)22-9/h13-18H,10-12H2,1-9H3. The van der Waals surface area contributed by atoms with E-state index in [9.17, 15) is 0 Å². The van der Waals surface area contributed by atoms with Crippen molar-refractivity contribution in [3.05, 3.63) is 0 Å². The van der Waals surface area contributed by atoms with Gasteiger partial charge in [0.05, 0.1) is 0 Å². The van der Waals surface area contributed by atoms with Crippen molar-refractivity contribution in [1.29, 1.82) is 0 Å². The molecule has 0 aliphatic rings. The van der Waals surface area contributed by atoms with Crippen LogP contribution in [0.15, 0.2) is 0 Å². The van der Waals surface area contributed by atoms with Crippen LogP contribution in [-0.2, 0) is 28.4 Å². The van der Waals surface area contributed by atoms with Crippen molar-refractivity contribution >= 4 is 0 Å². The van der Waals surface area contributed by atoms with Gasteiger partial charge in [0.25, 0.3) is 0 Å². The molecule has 0 heterocycles. The molecule has 7 nitrogen and oxygen atoms in total. The molecule has 152 valence electrons. The van der Waals surface area contributed by atoms with E-state index < -0.39 is 0 Å². The maximum Gasteiger partial charge on any atom is 0.156 e. The van der Waals surface area contributed by atoms with Crippen LogP contribution in [0.1, 0.15) is 60.8 Å². The zero-order valence-electron chi connectivity index (χ0n) is 17.5. The highest BCUT2D eigenvalue weighted by Gasteiger charge is 2.35. The molecular formula is C18H39NO6. The van der Waals surface area contributed by atoms with Gasteiger partial charge in [-0.1, -0.05) is 20.8 Å². The van der Waals surface area contributed by atoms with E-state index in [0.29, 0.717) is 0 Å². The molecule has 7 heteroatoms. The van der Waals surface area contributed by atoms with E-state index in [1.54, 1.807) is 21.3 Å². The summed E-state index contributed by atoms with van der Waals surface area (Å²) in [5.74, 6) is 0. The van der Waals surface area contributed by atoms with Crippen LogP contribution in [0.25, 0.3) is 0 Å². The molecule has 6 atom stereocenters. The van der Waals surface area contributed by atoms with Gasteiger partial charge in [0.15, 0.2) is 18.9 Å². The first kappa shape index (κ1) is 24.7. The number of methoxy groups -OCH3 is 3. The number of nitrogens with zero attached hydrogens (tertiary/aromatic N) is 1. The highest BCUT2D eigenvalue weighted by atomic mass is 16.7. The van der Waals surface area contributed by atoms with Crippen LogP contribution in [0, 0.1) is 0 Å². The summed E-state index contributed by atoms with van der Waals surface area (Å²) in [6, 6.07) is 0. The van der Waals surface area contributed by atoms with Crippen LogP contribution >= 0.6 is 0 Å². The van der Waals surface area contributed by atoms with E-state index in [4.69, 9.17) is 28.4 Å². The monoisotopic (exact) mass is 365 g/mol. The first-order valence-electron chi connectivity index (χ1n) is 9.20. The lowest BCUT2D eigenvalue weighted by molar-refractivity contribution is -0.303. The van der Waals surface area contributed by atoms with E-state index in [1.165, 1.54) is 0 Å². The minimum absolute atomic E-state index is 0.224. The molecule has 0 amide bonds. The third kappa shape index (κ3) is 8.77. The van der Waals surface area contributed by atoms with Gasteiger partial charge in [0, 0.05) is 21.3 Å². The van der Waals surface area contributed by atoms with E-state index in [-0.39, 0.29) is 37.6 Å².